The van der Waals surface area contributed by atoms with Crippen molar-refractivity contribution in [1.82, 2.24) is 4.90 Å². The third-order valence-electron chi connectivity index (χ3n) is 5.19. The second-order valence-electron chi connectivity index (χ2n) is 6.80. The summed E-state index contributed by atoms with van der Waals surface area (Å²) < 4.78 is 5.20. The lowest BCUT2D eigenvalue weighted by molar-refractivity contribution is -0.133. The van der Waals surface area contributed by atoms with E-state index < -0.39 is 0 Å². The van der Waals surface area contributed by atoms with Gasteiger partial charge >= 0.3 is 0 Å². The molecule has 1 atom stereocenters. The van der Waals surface area contributed by atoms with E-state index in [0.717, 1.165) is 30.7 Å². The molecule has 27 heavy (non-hydrogen) atoms. The van der Waals surface area contributed by atoms with E-state index in [4.69, 9.17) is 4.74 Å². The van der Waals surface area contributed by atoms with Crippen LogP contribution >= 0.6 is 11.3 Å². The van der Waals surface area contributed by atoms with E-state index in [1.165, 1.54) is 16.0 Å². The summed E-state index contributed by atoms with van der Waals surface area (Å²) in [4.78, 5) is 16.6. The second kappa shape index (κ2) is 7.97. The standard InChI is InChI=1S/C23H23NO2S/c1-26-19-10-7-17(8-11-19)9-12-22(25)24-15-13-21-20(14-16-27-21)23(24)18-5-3-2-4-6-18/h2-8,10-11,14,16,23H,9,12-13,15H2,1H3/t23-/m1/s1. The van der Waals surface area contributed by atoms with E-state index in [1.54, 1.807) is 18.4 Å². The summed E-state index contributed by atoms with van der Waals surface area (Å²) in [6, 6.07) is 20.6. The quantitative estimate of drug-likeness (QED) is 0.635. The number of ether oxygens (including phenoxy) is 1. The molecule has 138 valence electrons. The Kier molecular flexibility index (Phi) is 5.26. The normalized spacial score (nSPS) is 16.0. The summed E-state index contributed by atoms with van der Waals surface area (Å²) in [5, 5.41) is 2.14. The van der Waals surface area contributed by atoms with Gasteiger partial charge in [-0.15, -0.1) is 11.3 Å². The number of rotatable bonds is 5. The van der Waals surface area contributed by atoms with E-state index in [0.29, 0.717) is 6.42 Å². The predicted molar refractivity (Wildman–Crippen MR) is 109 cm³/mol. The minimum atomic E-state index is 0.0320. The van der Waals surface area contributed by atoms with Crippen molar-refractivity contribution in [1.29, 1.82) is 0 Å². The zero-order valence-corrected chi connectivity index (χ0v) is 16.2. The van der Waals surface area contributed by atoms with Gasteiger partial charge in [-0.1, -0.05) is 42.5 Å². The van der Waals surface area contributed by atoms with Crippen LogP contribution in [0.3, 0.4) is 0 Å². The molecule has 0 N–H and O–H groups in total. The SMILES string of the molecule is COc1ccc(CCC(=O)N2CCc3sccc3[C@H]2c2ccccc2)cc1. The molecule has 1 aromatic heterocycles. The summed E-state index contributed by atoms with van der Waals surface area (Å²) in [5.41, 5.74) is 3.64. The van der Waals surface area contributed by atoms with Crippen LogP contribution in [0.4, 0.5) is 0 Å². The van der Waals surface area contributed by atoms with Gasteiger partial charge in [0.25, 0.3) is 0 Å². The number of benzene rings is 2. The first-order chi connectivity index (χ1) is 13.3. The van der Waals surface area contributed by atoms with Gasteiger partial charge in [-0.3, -0.25) is 4.79 Å². The number of carbonyl (C=O) groups excluding carboxylic acids is 1. The highest BCUT2D eigenvalue weighted by molar-refractivity contribution is 7.10. The van der Waals surface area contributed by atoms with Crippen molar-refractivity contribution < 1.29 is 9.53 Å². The van der Waals surface area contributed by atoms with Crippen LogP contribution in [0, 0.1) is 0 Å². The number of methoxy groups -OCH3 is 1. The van der Waals surface area contributed by atoms with Gasteiger partial charge in [-0.05, 0) is 53.1 Å². The Morgan fingerprint density at radius 2 is 1.89 bits per heavy atom. The Morgan fingerprint density at radius 3 is 2.63 bits per heavy atom. The van der Waals surface area contributed by atoms with Gasteiger partial charge in [-0.25, -0.2) is 0 Å². The van der Waals surface area contributed by atoms with Crippen LogP contribution < -0.4 is 4.74 Å². The Balaban J connectivity index is 1.53. The van der Waals surface area contributed by atoms with Crippen molar-refractivity contribution in [3.05, 3.63) is 87.6 Å². The number of carbonyl (C=O) groups is 1. The molecule has 3 nitrogen and oxygen atoms in total. The average molecular weight is 378 g/mol. The first-order valence-electron chi connectivity index (χ1n) is 9.30. The highest BCUT2D eigenvalue weighted by atomic mass is 32.1. The maximum Gasteiger partial charge on any atom is 0.223 e. The van der Waals surface area contributed by atoms with Crippen molar-refractivity contribution in [2.24, 2.45) is 0 Å². The molecule has 2 aromatic carbocycles. The van der Waals surface area contributed by atoms with E-state index in [-0.39, 0.29) is 11.9 Å². The molecule has 0 saturated carbocycles. The molecular weight excluding hydrogens is 354 g/mol. The zero-order valence-electron chi connectivity index (χ0n) is 15.4. The second-order valence-corrected chi connectivity index (χ2v) is 7.80. The number of amides is 1. The first-order valence-corrected chi connectivity index (χ1v) is 10.2. The minimum absolute atomic E-state index is 0.0320. The van der Waals surface area contributed by atoms with Crippen molar-refractivity contribution in [3.8, 4) is 5.75 Å². The third-order valence-corrected chi connectivity index (χ3v) is 6.18. The molecule has 0 saturated heterocycles. The van der Waals surface area contributed by atoms with Gasteiger partial charge in [0.2, 0.25) is 5.91 Å². The van der Waals surface area contributed by atoms with E-state index in [9.17, 15) is 4.79 Å². The van der Waals surface area contributed by atoms with Gasteiger partial charge in [0, 0.05) is 17.8 Å². The molecule has 0 radical (unpaired) electrons. The maximum atomic E-state index is 13.1. The molecular formula is C23H23NO2S. The zero-order chi connectivity index (χ0) is 18.6. The molecule has 1 amide bonds. The van der Waals surface area contributed by atoms with E-state index in [2.05, 4.69) is 40.6 Å². The van der Waals surface area contributed by atoms with Crippen LogP contribution in [0.5, 0.6) is 5.75 Å². The van der Waals surface area contributed by atoms with Crippen LogP contribution in [-0.2, 0) is 17.6 Å². The topological polar surface area (TPSA) is 29.5 Å². The Labute approximate surface area is 164 Å². The molecule has 0 bridgehead atoms. The number of aryl methyl sites for hydroxylation is 1. The van der Waals surface area contributed by atoms with Crippen LogP contribution in [0.15, 0.2) is 66.0 Å². The van der Waals surface area contributed by atoms with Crippen LogP contribution in [0.1, 0.15) is 34.0 Å². The highest BCUT2D eigenvalue weighted by Gasteiger charge is 2.32. The van der Waals surface area contributed by atoms with Crippen molar-refractivity contribution in [2.75, 3.05) is 13.7 Å². The van der Waals surface area contributed by atoms with Gasteiger partial charge < -0.3 is 9.64 Å². The molecule has 3 aromatic rings. The molecule has 0 spiro atoms. The fourth-order valence-corrected chi connectivity index (χ4v) is 4.67. The summed E-state index contributed by atoms with van der Waals surface area (Å²) in [7, 11) is 1.66. The Hall–Kier alpha value is -2.59. The van der Waals surface area contributed by atoms with Gasteiger partial charge in [-0.2, -0.15) is 0 Å². The highest BCUT2D eigenvalue weighted by Crippen LogP contribution is 2.38. The van der Waals surface area contributed by atoms with Crippen LogP contribution in [0.2, 0.25) is 0 Å². The molecule has 4 rings (SSSR count). The lowest BCUT2D eigenvalue weighted by atomic mass is 9.92. The van der Waals surface area contributed by atoms with Gasteiger partial charge in [0.1, 0.15) is 5.75 Å². The fraction of sp³-hybridized carbons (Fsp3) is 0.261. The monoisotopic (exact) mass is 377 g/mol. The lowest BCUT2D eigenvalue weighted by Gasteiger charge is -2.36. The lowest BCUT2D eigenvalue weighted by Crippen LogP contribution is -2.40. The fourth-order valence-electron chi connectivity index (χ4n) is 3.77. The number of hydrogen-bond donors (Lipinski definition) is 0. The summed E-state index contributed by atoms with van der Waals surface area (Å²) in [6.07, 6.45) is 2.22. The Bertz CT molecular complexity index is 902. The molecule has 2 heterocycles. The number of nitrogens with zero attached hydrogens (tertiary/aromatic N) is 1. The number of fused-ring (bicyclic) bond motifs is 1. The van der Waals surface area contributed by atoms with E-state index in [1.807, 2.05) is 30.3 Å². The van der Waals surface area contributed by atoms with Crippen LogP contribution in [-0.4, -0.2) is 24.5 Å². The number of thiophene rings is 1. The minimum Gasteiger partial charge on any atom is -0.497 e. The molecule has 0 aliphatic carbocycles. The Morgan fingerprint density at radius 1 is 1.11 bits per heavy atom. The van der Waals surface area contributed by atoms with E-state index >= 15 is 0 Å². The average Bonchev–Trinajstić information content (AvgIpc) is 3.21. The summed E-state index contributed by atoms with van der Waals surface area (Å²) in [6.45, 7) is 0.786. The summed E-state index contributed by atoms with van der Waals surface area (Å²) in [5.74, 6) is 1.06. The van der Waals surface area contributed by atoms with Crippen LogP contribution in [0.25, 0.3) is 0 Å². The number of hydrogen-bond acceptors (Lipinski definition) is 3. The van der Waals surface area contributed by atoms with Gasteiger partial charge in [0.15, 0.2) is 0 Å². The van der Waals surface area contributed by atoms with Crippen molar-refractivity contribution in [2.45, 2.75) is 25.3 Å². The maximum absolute atomic E-state index is 13.1. The molecule has 0 fully saturated rings. The third kappa shape index (κ3) is 3.76. The first kappa shape index (κ1) is 17.8. The molecule has 1 aliphatic heterocycles. The molecule has 4 heteroatoms. The van der Waals surface area contributed by atoms with Crippen molar-refractivity contribution >= 4 is 17.2 Å². The predicted octanol–water partition coefficient (Wildman–Crippen LogP) is 4.86. The smallest absolute Gasteiger partial charge is 0.223 e. The largest absolute Gasteiger partial charge is 0.497 e. The van der Waals surface area contributed by atoms with Gasteiger partial charge in [0.05, 0.1) is 13.2 Å². The van der Waals surface area contributed by atoms with Crippen molar-refractivity contribution in [3.63, 3.8) is 0 Å². The molecule has 1 aliphatic rings. The summed E-state index contributed by atoms with van der Waals surface area (Å²) >= 11 is 1.80. The molecule has 0 unspecified atom stereocenters.